The van der Waals surface area contributed by atoms with Gasteiger partial charge in [0.15, 0.2) is 0 Å². The maximum absolute atomic E-state index is 11.6. The number of benzene rings is 1. The number of nitrogens with one attached hydrogen (secondary N) is 1. The van der Waals surface area contributed by atoms with Gasteiger partial charge in [0.1, 0.15) is 0 Å². The van der Waals surface area contributed by atoms with Crippen LogP contribution in [-0.2, 0) is 9.71 Å². The van der Waals surface area contributed by atoms with Gasteiger partial charge >= 0.3 is 0 Å². The molecular weight excluding hydrogens is 268 g/mol. The Kier molecular flexibility index (Phi) is 4.14. The molecule has 0 radical (unpaired) electrons. The van der Waals surface area contributed by atoms with Crippen LogP contribution in [0.4, 0.5) is 5.69 Å². The van der Waals surface area contributed by atoms with E-state index in [2.05, 4.69) is 35.5 Å². The molecular formula is C16H20N2OS. The van der Waals surface area contributed by atoms with Gasteiger partial charge in [0.2, 0.25) is 0 Å². The summed E-state index contributed by atoms with van der Waals surface area (Å²) in [5.41, 5.74) is 4.15. The zero-order valence-corrected chi connectivity index (χ0v) is 12.9. The van der Waals surface area contributed by atoms with E-state index in [1.165, 1.54) is 0 Å². The Labute approximate surface area is 121 Å². The van der Waals surface area contributed by atoms with Crippen molar-refractivity contribution in [3.05, 3.63) is 48.3 Å². The maximum atomic E-state index is 11.6. The van der Waals surface area contributed by atoms with Gasteiger partial charge in [0.05, 0.1) is 5.69 Å². The van der Waals surface area contributed by atoms with Crippen molar-refractivity contribution >= 4 is 21.3 Å². The lowest BCUT2D eigenvalue weighted by molar-refractivity contribution is 0.688. The van der Waals surface area contributed by atoms with E-state index in [-0.39, 0.29) is 0 Å². The molecule has 1 atom stereocenters. The van der Waals surface area contributed by atoms with Crippen LogP contribution in [0.1, 0.15) is 25.5 Å². The minimum atomic E-state index is -2.24. The Morgan fingerprint density at radius 3 is 2.40 bits per heavy atom. The van der Waals surface area contributed by atoms with Crippen LogP contribution >= 0.6 is 0 Å². The first kappa shape index (κ1) is 14.6. The van der Waals surface area contributed by atoms with Crippen LogP contribution in [0, 0.1) is 0 Å². The summed E-state index contributed by atoms with van der Waals surface area (Å²) in [4.78, 5) is 4.46. The fraction of sp³-hybridized carbons (Fsp3) is 0.250. The van der Waals surface area contributed by atoms with E-state index in [0.717, 1.165) is 22.5 Å². The molecule has 4 heteroatoms. The quantitative estimate of drug-likeness (QED) is 0.874. The topological polar surface area (TPSA) is 42.0 Å². The van der Waals surface area contributed by atoms with Crippen molar-refractivity contribution < 1.29 is 4.21 Å². The van der Waals surface area contributed by atoms with Gasteiger partial charge in [-0.3, -0.25) is 4.98 Å². The molecule has 0 saturated carbocycles. The zero-order valence-electron chi connectivity index (χ0n) is 12.1. The van der Waals surface area contributed by atoms with E-state index in [9.17, 15) is 4.21 Å². The first-order valence-corrected chi connectivity index (χ1v) is 8.66. The molecule has 1 aromatic carbocycles. The minimum Gasteiger partial charge on any atom is -0.313 e. The predicted octanol–water partition coefficient (Wildman–Crippen LogP) is 3.55. The standard InChI is InChI=1S/C16H20N2OS/c1-12(2)16-15(6-5-11-17-16)13-7-9-14(10-8-13)18-20(3,4)19/h5-12H,3H2,1-2,4H3,(H,18,19). The van der Waals surface area contributed by atoms with Gasteiger partial charge in [-0.2, -0.15) is 0 Å². The number of nitrogens with zero attached hydrogens (tertiary/aromatic N) is 1. The van der Waals surface area contributed by atoms with Crippen molar-refractivity contribution in [2.45, 2.75) is 19.8 Å². The third-order valence-corrected chi connectivity index (χ3v) is 3.58. The molecule has 106 valence electrons. The lowest BCUT2D eigenvalue weighted by atomic mass is 9.98. The van der Waals surface area contributed by atoms with Crippen molar-refractivity contribution in [2.75, 3.05) is 11.0 Å². The van der Waals surface area contributed by atoms with Crippen molar-refractivity contribution in [3.8, 4) is 11.1 Å². The second kappa shape index (κ2) is 5.67. The van der Waals surface area contributed by atoms with E-state index in [1.807, 2.05) is 36.5 Å². The van der Waals surface area contributed by atoms with Crippen LogP contribution < -0.4 is 4.72 Å². The minimum absolute atomic E-state index is 0.373. The van der Waals surface area contributed by atoms with Crippen LogP contribution in [0.25, 0.3) is 11.1 Å². The van der Waals surface area contributed by atoms with Gasteiger partial charge in [0.25, 0.3) is 0 Å². The maximum Gasteiger partial charge on any atom is 0.0507 e. The van der Waals surface area contributed by atoms with Gasteiger partial charge in [-0.25, -0.2) is 4.21 Å². The highest BCUT2D eigenvalue weighted by Crippen LogP contribution is 2.28. The van der Waals surface area contributed by atoms with Gasteiger partial charge in [-0.05, 0) is 35.6 Å². The highest BCUT2D eigenvalue weighted by molar-refractivity contribution is 8.00. The van der Waals surface area contributed by atoms with E-state index < -0.39 is 9.71 Å². The van der Waals surface area contributed by atoms with Crippen molar-refractivity contribution in [2.24, 2.45) is 0 Å². The van der Waals surface area contributed by atoms with Crippen molar-refractivity contribution in [3.63, 3.8) is 0 Å². The summed E-state index contributed by atoms with van der Waals surface area (Å²) >= 11 is 0. The van der Waals surface area contributed by atoms with Gasteiger partial charge in [-0.1, -0.05) is 32.0 Å². The van der Waals surface area contributed by atoms with Crippen LogP contribution in [0.15, 0.2) is 42.6 Å². The molecule has 0 aliphatic carbocycles. The summed E-state index contributed by atoms with van der Waals surface area (Å²) in [7, 11) is -2.24. The average Bonchev–Trinajstić information content (AvgIpc) is 2.38. The van der Waals surface area contributed by atoms with Crippen LogP contribution in [0.3, 0.4) is 0 Å². The number of aromatic nitrogens is 1. The molecule has 1 heterocycles. The molecule has 0 spiro atoms. The molecule has 2 rings (SSSR count). The lowest BCUT2D eigenvalue weighted by Crippen LogP contribution is -2.08. The highest BCUT2D eigenvalue weighted by atomic mass is 32.2. The van der Waals surface area contributed by atoms with Crippen LogP contribution in [-0.4, -0.2) is 21.3 Å². The zero-order chi connectivity index (χ0) is 14.8. The second-order valence-corrected chi connectivity index (χ2v) is 7.49. The van der Waals surface area contributed by atoms with Gasteiger partial charge in [-0.15, -0.1) is 0 Å². The number of anilines is 1. The molecule has 1 N–H and O–H groups in total. The molecule has 1 unspecified atom stereocenters. The summed E-state index contributed by atoms with van der Waals surface area (Å²) in [5.74, 6) is 3.96. The fourth-order valence-corrected chi connectivity index (χ4v) is 2.72. The lowest BCUT2D eigenvalue weighted by Gasteiger charge is -2.12. The molecule has 1 aromatic heterocycles. The molecule has 0 saturated heterocycles. The molecule has 0 aliphatic rings. The molecule has 3 nitrogen and oxygen atoms in total. The first-order chi connectivity index (χ1) is 9.37. The van der Waals surface area contributed by atoms with Crippen LogP contribution in [0.5, 0.6) is 0 Å². The molecule has 0 bridgehead atoms. The summed E-state index contributed by atoms with van der Waals surface area (Å²) in [6, 6.07) is 11.9. The van der Waals surface area contributed by atoms with E-state index >= 15 is 0 Å². The van der Waals surface area contributed by atoms with Gasteiger partial charge < -0.3 is 4.72 Å². The fourth-order valence-electron chi connectivity index (χ4n) is 2.09. The Morgan fingerprint density at radius 1 is 1.20 bits per heavy atom. The third kappa shape index (κ3) is 3.61. The molecule has 0 aliphatic heterocycles. The van der Waals surface area contributed by atoms with Crippen molar-refractivity contribution in [1.29, 1.82) is 0 Å². The van der Waals surface area contributed by atoms with Crippen LogP contribution in [0.2, 0.25) is 0 Å². The molecule has 0 fully saturated rings. The number of pyridine rings is 1. The SMILES string of the molecule is C=S(C)(=O)Nc1ccc(-c2cccnc2C(C)C)cc1. The van der Waals surface area contributed by atoms with E-state index in [4.69, 9.17) is 0 Å². The monoisotopic (exact) mass is 288 g/mol. The molecule has 20 heavy (non-hydrogen) atoms. The predicted molar refractivity (Wildman–Crippen MR) is 88.6 cm³/mol. The average molecular weight is 288 g/mol. The number of rotatable bonds is 4. The number of hydrogen-bond acceptors (Lipinski definition) is 2. The number of hydrogen-bond donors (Lipinski definition) is 1. The van der Waals surface area contributed by atoms with Gasteiger partial charge in [0, 0.05) is 33.4 Å². The summed E-state index contributed by atoms with van der Waals surface area (Å²) in [6.45, 7) is 4.27. The Balaban J connectivity index is 2.36. The Bertz CT molecular complexity index is 689. The summed E-state index contributed by atoms with van der Waals surface area (Å²) in [5, 5.41) is 0. The molecule has 0 amide bonds. The summed E-state index contributed by atoms with van der Waals surface area (Å²) < 4.78 is 14.5. The largest absolute Gasteiger partial charge is 0.313 e. The first-order valence-electron chi connectivity index (χ1n) is 6.52. The molecule has 2 aromatic rings. The van der Waals surface area contributed by atoms with E-state index in [1.54, 1.807) is 6.26 Å². The highest BCUT2D eigenvalue weighted by Gasteiger charge is 2.09. The summed E-state index contributed by atoms with van der Waals surface area (Å²) in [6.07, 6.45) is 3.41. The normalized spacial score (nSPS) is 14.0. The van der Waals surface area contributed by atoms with Crippen molar-refractivity contribution in [1.82, 2.24) is 4.98 Å². The third-order valence-electron chi connectivity index (χ3n) is 2.92. The second-order valence-electron chi connectivity index (χ2n) is 5.28. The Hall–Kier alpha value is -1.81. The van der Waals surface area contributed by atoms with E-state index in [0.29, 0.717) is 5.92 Å². The smallest absolute Gasteiger partial charge is 0.0507 e. The Morgan fingerprint density at radius 2 is 1.85 bits per heavy atom.